The van der Waals surface area contributed by atoms with Crippen molar-refractivity contribution in [1.29, 1.82) is 0 Å². The Balaban J connectivity index is 1.80. The van der Waals surface area contributed by atoms with Crippen LogP contribution in [0.4, 0.5) is 0 Å². The summed E-state index contributed by atoms with van der Waals surface area (Å²) in [4.78, 5) is 23.6. The maximum atomic E-state index is 12.4. The Morgan fingerprint density at radius 2 is 2.05 bits per heavy atom. The van der Waals surface area contributed by atoms with E-state index in [-0.39, 0.29) is 17.2 Å². The fourth-order valence-corrected chi connectivity index (χ4v) is 3.62. The molecule has 4 nitrogen and oxygen atoms in total. The van der Waals surface area contributed by atoms with Gasteiger partial charge in [0.1, 0.15) is 5.54 Å². The number of carboxylic acid groups (broad SMARTS) is 1. The molecule has 2 atom stereocenters. The van der Waals surface area contributed by atoms with Gasteiger partial charge in [-0.3, -0.25) is 4.79 Å². The largest absolute Gasteiger partial charge is 0.480 e. The first kappa shape index (κ1) is 14.1. The summed E-state index contributed by atoms with van der Waals surface area (Å²) < 4.78 is 0. The van der Waals surface area contributed by atoms with E-state index in [1.165, 1.54) is 25.0 Å². The fourth-order valence-electron chi connectivity index (χ4n) is 3.62. The quantitative estimate of drug-likeness (QED) is 0.896. The van der Waals surface area contributed by atoms with Crippen molar-refractivity contribution in [2.45, 2.75) is 50.5 Å². The third kappa shape index (κ3) is 2.23. The number of carbonyl (C=O) groups is 2. The molecule has 21 heavy (non-hydrogen) atoms. The number of aliphatic carboxylic acids is 1. The second-order valence-corrected chi connectivity index (χ2v) is 6.84. The van der Waals surface area contributed by atoms with Crippen molar-refractivity contribution >= 4 is 11.9 Å². The van der Waals surface area contributed by atoms with Gasteiger partial charge in [0, 0.05) is 11.3 Å². The predicted octanol–water partition coefficient (Wildman–Crippen LogP) is 2.26. The number of carbonyl (C=O) groups excluding carboxylic acids is 1. The number of fused-ring (bicyclic) bond motifs is 2. The van der Waals surface area contributed by atoms with Crippen molar-refractivity contribution in [1.82, 2.24) is 5.32 Å². The summed E-state index contributed by atoms with van der Waals surface area (Å²) >= 11 is 0. The highest BCUT2D eigenvalue weighted by Gasteiger charge is 2.60. The van der Waals surface area contributed by atoms with Gasteiger partial charge in [-0.2, -0.15) is 0 Å². The molecule has 3 rings (SSSR count). The third-order valence-corrected chi connectivity index (χ3v) is 4.98. The molecule has 2 aliphatic carbocycles. The highest BCUT2D eigenvalue weighted by atomic mass is 16.4. The van der Waals surface area contributed by atoms with E-state index in [1.807, 2.05) is 12.1 Å². The molecule has 4 heteroatoms. The third-order valence-electron chi connectivity index (χ3n) is 4.98. The second kappa shape index (κ2) is 4.58. The molecule has 1 amide bonds. The van der Waals surface area contributed by atoms with Gasteiger partial charge in [0.2, 0.25) is 5.91 Å². The molecule has 0 heterocycles. The predicted molar refractivity (Wildman–Crippen MR) is 79.0 cm³/mol. The Morgan fingerprint density at radius 1 is 1.33 bits per heavy atom. The summed E-state index contributed by atoms with van der Waals surface area (Å²) in [5, 5.41) is 11.8. The molecular formula is C17H21NO3. The summed E-state index contributed by atoms with van der Waals surface area (Å²) in [6, 6.07) is 8.35. The second-order valence-electron chi connectivity index (χ2n) is 6.84. The highest BCUT2D eigenvalue weighted by molar-refractivity contribution is 5.90. The van der Waals surface area contributed by atoms with Crippen LogP contribution in [-0.2, 0) is 21.4 Å². The van der Waals surface area contributed by atoms with E-state index in [2.05, 4.69) is 17.4 Å². The Bertz CT molecular complexity index is 608. The van der Waals surface area contributed by atoms with Crippen molar-refractivity contribution in [2.24, 2.45) is 5.92 Å². The van der Waals surface area contributed by atoms with Crippen molar-refractivity contribution in [3.05, 3.63) is 35.4 Å². The van der Waals surface area contributed by atoms with Gasteiger partial charge in [-0.15, -0.1) is 0 Å². The fraction of sp³-hybridized carbons (Fsp3) is 0.529. The van der Waals surface area contributed by atoms with Gasteiger partial charge in [0.25, 0.3) is 0 Å². The molecule has 0 aliphatic heterocycles. The van der Waals surface area contributed by atoms with E-state index in [0.29, 0.717) is 0 Å². The van der Waals surface area contributed by atoms with Crippen LogP contribution in [0.5, 0.6) is 0 Å². The minimum atomic E-state index is -1.21. The molecule has 1 aromatic rings. The van der Waals surface area contributed by atoms with Crippen molar-refractivity contribution in [3.8, 4) is 0 Å². The zero-order chi connectivity index (χ0) is 15.3. The molecule has 2 N–H and O–H groups in total. The molecule has 1 saturated carbocycles. The van der Waals surface area contributed by atoms with Crippen LogP contribution in [0.2, 0.25) is 0 Å². The standard InChI is InChI=1S/C17H21NO3/c1-16(2,15(20)21)18-14(19)13-10-17(13)9-5-7-11-6-3-4-8-12(11)17/h3-4,6,8,13H,5,7,9-10H2,1-2H3,(H,18,19)(H,20,21). The number of hydrogen-bond donors (Lipinski definition) is 2. The highest BCUT2D eigenvalue weighted by Crippen LogP contribution is 2.60. The Morgan fingerprint density at radius 3 is 2.76 bits per heavy atom. The minimum Gasteiger partial charge on any atom is -0.480 e. The molecule has 0 radical (unpaired) electrons. The number of benzene rings is 1. The van der Waals surface area contributed by atoms with Crippen LogP contribution in [0.25, 0.3) is 0 Å². The van der Waals surface area contributed by atoms with Gasteiger partial charge < -0.3 is 10.4 Å². The van der Waals surface area contributed by atoms with Crippen LogP contribution < -0.4 is 5.32 Å². The number of amides is 1. The maximum Gasteiger partial charge on any atom is 0.328 e. The Labute approximate surface area is 124 Å². The monoisotopic (exact) mass is 287 g/mol. The average Bonchev–Trinajstić information content (AvgIpc) is 3.14. The summed E-state index contributed by atoms with van der Waals surface area (Å²) in [7, 11) is 0. The SMILES string of the molecule is CC(C)(NC(=O)C1CC12CCCc1ccccc12)C(=O)O. The van der Waals surface area contributed by atoms with E-state index in [1.54, 1.807) is 0 Å². The molecule has 0 saturated heterocycles. The number of aryl methyl sites for hydroxylation is 1. The van der Waals surface area contributed by atoms with Crippen LogP contribution in [0.3, 0.4) is 0 Å². The zero-order valence-corrected chi connectivity index (χ0v) is 12.5. The number of rotatable bonds is 3. The Hall–Kier alpha value is -1.84. The lowest BCUT2D eigenvalue weighted by Gasteiger charge is -2.27. The lowest BCUT2D eigenvalue weighted by atomic mass is 9.78. The molecule has 1 aromatic carbocycles. The van der Waals surface area contributed by atoms with Gasteiger partial charge >= 0.3 is 5.97 Å². The molecule has 2 aliphatic rings. The van der Waals surface area contributed by atoms with E-state index in [4.69, 9.17) is 5.11 Å². The van der Waals surface area contributed by atoms with Crippen LogP contribution >= 0.6 is 0 Å². The molecule has 1 spiro atoms. The molecule has 112 valence electrons. The maximum absolute atomic E-state index is 12.4. The van der Waals surface area contributed by atoms with Crippen LogP contribution in [-0.4, -0.2) is 22.5 Å². The molecule has 0 bridgehead atoms. The lowest BCUT2D eigenvalue weighted by molar-refractivity contribution is -0.146. The van der Waals surface area contributed by atoms with Gasteiger partial charge in [0.05, 0.1) is 0 Å². The molecule has 0 aromatic heterocycles. The van der Waals surface area contributed by atoms with Gasteiger partial charge in [-0.05, 0) is 50.7 Å². The zero-order valence-electron chi connectivity index (χ0n) is 12.5. The first-order valence-corrected chi connectivity index (χ1v) is 7.51. The van der Waals surface area contributed by atoms with Crippen molar-refractivity contribution in [2.75, 3.05) is 0 Å². The van der Waals surface area contributed by atoms with E-state index >= 15 is 0 Å². The van der Waals surface area contributed by atoms with E-state index in [9.17, 15) is 9.59 Å². The van der Waals surface area contributed by atoms with Crippen LogP contribution in [0.1, 0.15) is 44.2 Å². The smallest absolute Gasteiger partial charge is 0.328 e. The first-order chi connectivity index (χ1) is 9.87. The summed E-state index contributed by atoms with van der Waals surface area (Å²) in [6.45, 7) is 3.05. The summed E-state index contributed by atoms with van der Waals surface area (Å²) in [5.41, 5.74) is 1.38. The van der Waals surface area contributed by atoms with Crippen molar-refractivity contribution < 1.29 is 14.7 Å². The normalized spacial score (nSPS) is 27.0. The molecule has 2 unspecified atom stereocenters. The lowest BCUT2D eigenvalue weighted by Crippen LogP contribution is -2.50. The van der Waals surface area contributed by atoms with Crippen LogP contribution in [0.15, 0.2) is 24.3 Å². The van der Waals surface area contributed by atoms with E-state index in [0.717, 1.165) is 25.7 Å². The van der Waals surface area contributed by atoms with Gasteiger partial charge in [-0.1, -0.05) is 24.3 Å². The van der Waals surface area contributed by atoms with Crippen LogP contribution in [0, 0.1) is 5.92 Å². The first-order valence-electron chi connectivity index (χ1n) is 7.51. The number of carboxylic acids is 1. The summed E-state index contributed by atoms with van der Waals surface area (Å²) in [5.74, 6) is -1.22. The van der Waals surface area contributed by atoms with Gasteiger partial charge in [-0.25, -0.2) is 4.79 Å². The summed E-state index contributed by atoms with van der Waals surface area (Å²) in [6.07, 6.45) is 4.04. The average molecular weight is 287 g/mol. The molecule has 1 fully saturated rings. The minimum absolute atomic E-state index is 0.0481. The van der Waals surface area contributed by atoms with Crippen molar-refractivity contribution in [3.63, 3.8) is 0 Å². The molecular weight excluding hydrogens is 266 g/mol. The van der Waals surface area contributed by atoms with Gasteiger partial charge in [0.15, 0.2) is 0 Å². The number of hydrogen-bond acceptors (Lipinski definition) is 2. The Kier molecular flexibility index (Phi) is 3.08. The van der Waals surface area contributed by atoms with E-state index < -0.39 is 11.5 Å². The topological polar surface area (TPSA) is 66.4 Å². The number of nitrogens with one attached hydrogen (secondary N) is 1.